The summed E-state index contributed by atoms with van der Waals surface area (Å²) in [5.74, 6) is -1.22. The maximum absolute atomic E-state index is 10.6. The lowest BCUT2D eigenvalue weighted by molar-refractivity contribution is -0.150. The van der Waals surface area contributed by atoms with E-state index in [0.29, 0.717) is 0 Å². The molecule has 0 aliphatic rings. The molecule has 0 bridgehead atoms. The zero-order valence-electron chi connectivity index (χ0n) is 6.88. The van der Waals surface area contributed by atoms with Crippen LogP contribution in [0.3, 0.4) is 0 Å². The molecule has 3 heteroatoms. The van der Waals surface area contributed by atoms with Crippen LogP contribution in [-0.2, 0) is 9.90 Å². The summed E-state index contributed by atoms with van der Waals surface area (Å²) in [7, 11) is 0. The summed E-state index contributed by atoms with van der Waals surface area (Å²) in [5, 5.41) is 18.8. The molecular formula is C8H15O3. The van der Waals surface area contributed by atoms with Crippen LogP contribution in [0.2, 0.25) is 0 Å². The quantitative estimate of drug-likeness (QED) is 0.601. The van der Waals surface area contributed by atoms with Gasteiger partial charge in [-0.1, -0.05) is 32.6 Å². The number of unbranched alkanes of at least 4 members (excludes halogenated alkanes) is 3. The summed E-state index contributed by atoms with van der Waals surface area (Å²) in [4.78, 5) is 10.1. The standard InChI is InChI=1S/C8H15O3/c1-2-3-4-5-6-7(9)8(10)11/h7H,2-6H2,1H3,(H,10,11). The lowest BCUT2D eigenvalue weighted by atomic mass is 10.1. The zero-order chi connectivity index (χ0) is 8.69. The van der Waals surface area contributed by atoms with Gasteiger partial charge in [-0.05, 0) is 6.42 Å². The largest absolute Gasteiger partial charge is 0.479 e. The first-order chi connectivity index (χ1) is 5.18. The van der Waals surface area contributed by atoms with E-state index >= 15 is 0 Å². The number of hydrogen-bond acceptors (Lipinski definition) is 1. The fourth-order valence-electron chi connectivity index (χ4n) is 0.880. The van der Waals surface area contributed by atoms with Crippen molar-refractivity contribution in [3.05, 3.63) is 0 Å². The first-order valence-corrected chi connectivity index (χ1v) is 4.07. The molecule has 0 aromatic rings. The Morgan fingerprint density at radius 2 is 2.00 bits per heavy atom. The minimum absolute atomic E-state index is 0.273. The first-order valence-electron chi connectivity index (χ1n) is 4.07. The molecule has 3 nitrogen and oxygen atoms in total. The van der Waals surface area contributed by atoms with Crippen LogP contribution in [0.4, 0.5) is 0 Å². The summed E-state index contributed by atoms with van der Waals surface area (Å²) in [6.45, 7) is 2.08. The number of carboxylic acids is 1. The van der Waals surface area contributed by atoms with E-state index in [0.717, 1.165) is 25.7 Å². The van der Waals surface area contributed by atoms with Crippen molar-refractivity contribution in [2.75, 3.05) is 0 Å². The lowest BCUT2D eigenvalue weighted by Crippen LogP contribution is -2.17. The van der Waals surface area contributed by atoms with Crippen LogP contribution in [0.1, 0.15) is 39.0 Å². The SMILES string of the molecule is CCCCCCC([O])C(=O)O. The molecule has 0 saturated heterocycles. The normalized spacial score (nSPS) is 12.9. The molecule has 65 valence electrons. The van der Waals surface area contributed by atoms with Gasteiger partial charge in [-0.25, -0.2) is 9.90 Å². The molecule has 0 aliphatic carbocycles. The Hall–Kier alpha value is -0.570. The van der Waals surface area contributed by atoms with E-state index < -0.39 is 12.1 Å². The molecule has 11 heavy (non-hydrogen) atoms. The van der Waals surface area contributed by atoms with Gasteiger partial charge in [0.15, 0.2) is 6.10 Å². The average molecular weight is 159 g/mol. The first kappa shape index (κ1) is 10.4. The Morgan fingerprint density at radius 3 is 2.45 bits per heavy atom. The third kappa shape index (κ3) is 5.85. The van der Waals surface area contributed by atoms with Crippen LogP contribution in [0.5, 0.6) is 0 Å². The highest BCUT2D eigenvalue weighted by Crippen LogP contribution is 2.05. The molecule has 0 aromatic heterocycles. The summed E-state index contributed by atoms with van der Waals surface area (Å²) in [6.07, 6.45) is 2.78. The van der Waals surface area contributed by atoms with E-state index in [2.05, 4.69) is 6.92 Å². The van der Waals surface area contributed by atoms with Crippen LogP contribution in [0.15, 0.2) is 0 Å². The molecule has 0 aromatic carbocycles. The van der Waals surface area contributed by atoms with Crippen LogP contribution < -0.4 is 0 Å². The predicted octanol–water partition coefficient (Wildman–Crippen LogP) is 1.84. The van der Waals surface area contributed by atoms with Gasteiger partial charge in [0.05, 0.1) is 0 Å². The van der Waals surface area contributed by atoms with Gasteiger partial charge in [0.1, 0.15) is 0 Å². The minimum Gasteiger partial charge on any atom is -0.479 e. The van der Waals surface area contributed by atoms with Crippen molar-refractivity contribution in [2.45, 2.75) is 45.1 Å². The van der Waals surface area contributed by atoms with Gasteiger partial charge < -0.3 is 5.11 Å². The number of carbonyl (C=O) groups is 1. The van der Waals surface area contributed by atoms with Gasteiger partial charge in [-0.2, -0.15) is 0 Å². The highest BCUT2D eigenvalue weighted by molar-refractivity contribution is 5.71. The second-order valence-corrected chi connectivity index (χ2v) is 2.68. The monoisotopic (exact) mass is 159 g/mol. The van der Waals surface area contributed by atoms with E-state index in [1.54, 1.807) is 0 Å². The van der Waals surface area contributed by atoms with Gasteiger partial charge >= 0.3 is 5.97 Å². The van der Waals surface area contributed by atoms with Gasteiger partial charge in [0.2, 0.25) is 0 Å². The van der Waals surface area contributed by atoms with Crippen LogP contribution >= 0.6 is 0 Å². The Kier molecular flexibility index (Phi) is 5.84. The lowest BCUT2D eigenvalue weighted by Gasteiger charge is -2.01. The summed E-state index contributed by atoms with van der Waals surface area (Å²) < 4.78 is 0. The highest BCUT2D eigenvalue weighted by atomic mass is 16.4. The van der Waals surface area contributed by atoms with E-state index in [9.17, 15) is 9.90 Å². The summed E-state index contributed by atoms with van der Waals surface area (Å²) in [5.41, 5.74) is 0. The smallest absolute Gasteiger partial charge is 0.336 e. The Balaban J connectivity index is 3.17. The topological polar surface area (TPSA) is 57.2 Å². The highest BCUT2D eigenvalue weighted by Gasteiger charge is 2.13. The minimum atomic E-state index is -1.41. The van der Waals surface area contributed by atoms with Gasteiger partial charge in [0.25, 0.3) is 0 Å². The van der Waals surface area contributed by atoms with E-state index in [-0.39, 0.29) is 6.42 Å². The fourth-order valence-corrected chi connectivity index (χ4v) is 0.880. The molecule has 0 aliphatic heterocycles. The van der Waals surface area contributed by atoms with Crippen molar-refractivity contribution >= 4 is 5.97 Å². The van der Waals surface area contributed by atoms with E-state index in [1.807, 2.05) is 0 Å². The molecule has 1 atom stereocenters. The molecular weight excluding hydrogens is 144 g/mol. The fraction of sp³-hybridized carbons (Fsp3) is 0.875. The van der Waals surface area contributed by atoms with E-state index in [4.69, 9.17) is 5.11 Å². The molecule has 0 amide bonds. The second-order valence-electron chi connectivity index (χ2n) is 2.68. The van der Waals surface area contributed by atoms with Crippen molar-refractivity contribution < 1.29 is 15.0 Å². The number of carboxylic acid groups (broad SMARTS) is 1. The van der Waals surface area contributed by atoms with Gasteiger partial charge in [-0.3, -0.25) is 0 Å². The summed E-state index contributed by atoms with van der Waals surface area (Å²) >= 11 is 0. The van der Waals surface area contributed by atoms with Gasteiger partial charge in [-0.15, -0.1) is 0 Å². The Bertz CT molecular complexity index is 112. The third-order valence-corrected chi connectivity index (χ3v) is 1.60. The predicted molar refractivity (Wildman–Crippen MR) is 40.9 cm³/mol. The van der Waals surface area contributed by atoms with Crippen LogP contribution in [0.25, 0.3) is 0 Å². The zero-order valence-corrected chi connectivity index (χ0v) is 6.88. The maximum atomic E-state index is 10.6. The van der Waals surface area contributed by atoms with Crippen molar-refractivity contribution in [3.8, 4) is 0 Å². The molecule has 0 saturated carbocycles. The van der Waals surface area contributed by atoms with Crippen LogP contribution in [0, 0.1) is 0 Å². The molecule has 0 fully saturated rings. The van der Waals surface area contributed by atoms with Gasteiger partial charge in [0, 0.05) is 0 Å². The number of hydrogen-bond donors (Lipinski definition) is 1. The maximum Gasteiger partial charge on any atom is 0.336 e. The number of aliphatic carboxylic acids is 1. The Morgan fingerprint density at radius 1 is 1.36 bits per heavy atom. The van der Waals surface area contributed by atoms with Crippen molar-refractivity contribution in [3.63, 3.8) is 0 Å². The van der Waals surface area contributed by atoms with Crippen molar-refractivity contribution in [1.82, 2.24) is 0 Å². The van der Waals surface area contributed by atoms with Crippen molar-refractivity contribution in [1.29, 1.82) is 0 Å². The third-order valence-electron chi connectivity index (χ3n) is 1.60. The second kappa shape index (κ2) is 6.16. The Labute approximate surface area is 67.0 Å². The van der Waals surface area contributed by atoms with E-state index in [1.165, 1.54) is 0 Å². The molecule has 0 heterocycles. The molecule has 0 rings (SSSR count). The van der Waals surface area contributed by atoms with Crippen LogP contribution in [-0.4, -0.2) is 17.2 Å². The molecule has 0 spiro atoms. The summed E-state index contributed by atoms with van der Waals surface area (Å²) in [6, 6.07) is 0. The average Bonchev–Trinajstić information content (AvgIpc) is 1.97. The molecule has 1 radical (unpaired) electrons. The van der Waals surface area contributed by atoms with Crippen molar-refractivity contribution in [2.24, 2.45) is 0 Å². The molecule has 1 N–H and O–H groups in total. The molecule has 1 unspecified atom stereocenters. The number of rotatable bonds is 6.